The molecule has 0 aromatic heterocycles. The van der Waals surface area contributed by atoms with E-state index < -0.39 is 0 Å². The standard InChI is InChI=1S/C16H25NO/c1-11(2)18-16-8-5-14(9-12(16)3)10-13(4)17-15-6-7-15/h5,8-9,11,13,15,17H,6-7,10H2,1-4H3. The molecule has 0 aliphatic heterocycles. The van der Waals surface area contributed by atoms with Crippen LogP contribution < -0.4 is 10.1 Å². The number of ether oxygens (including phenoxy) is 1. The number of rotatable bonds is 6. The summed E-state index contributed by atoms with van der Waals surface area (Å²) >= 11 is 0. The first-order chi connectivity index (χ1) is 8.54. The summed E-state index contributed by atoms with van der Waals surface area (Å²) in [5.74, 6) is 1.01. The molecule has 1 aromatic carbocycles. The van der Waals surface area contributed by atoms with Gasteiger partial charge in [-0.25, -0.2) is 0 Å². The number of hydrogen-bond acceptors (Lipinski definition) is 2. The highest BCUT2D eigenvalue weighted by Crippen LogP contribution is 2.23. The highest BCUT2D eigenvalue weighted by Gasteiger charge is 2.22. The lowest BCUT2D eigenvalue weighted by atomic mass is 10.0. The molecule has 1 aliphatic carbocycles. The predicted molar refractivity (Wildman–Crippen MR) is 76.3 cm³/mol. The number of aryl methyl sites for hydroxylation is 1. The quantitative estimate of drug-likeness (QED) is 0.831. The molecule has 1 fully saturated rings. The van der Waals surface area contributed by atoms with Crippen LogP contribution >= 0.6 is 0 Å². The van der Waals surface area contributed by atoms with E-state index in [1.54, 1.807) is 0 Å². The minimum absolute atomic E-state index is 0.241. The highest BCUT2D eigenvalue weighted by atomic mass is 16.5. The van der Waals surface area contributed by atoms with E-state index in [9.17, 15) is 0 Å². The molecular weight excluding hydrogens is 222 g/mol. The third-order valence-electron chi connectivity index (χ3n) is 3.24. The first-order valence-corrected chi connectivity index (χ1v) is 7.07. The second-order valence-electron chi connectivity index (χ2n) is 5.81. The maximum Gasteiger partial charge on any atom is 0.122 e. The molecule has 1 N–H and O–H groups in total. The molecule has 2 heteroatoms. The van der Waals surface area contributed by atoms with Gasteiger partial charge in [-0.3, -0.25) is 0 Å². The monoisotopic (exact) mass is 247 g/mol. The molecule has 1 saturated carbocycles. The largest absolute Gasteiger partial charge is 0.491 e. The Kier molecular flexibility index (Phi) is 4.28. The zero-order chi connectivity index (χ0) is 13.1. The fourth-order valence-electron chi connectivity index (χ4n) is 2.29. The van der Waals surface area contributed by atoms with Gasteiger partial charge in [0.05, 0.1) is 6.10 Å². The van der Waals surface area contributed by atoms with Crippen LogP contribution in [0.4, 0.5) is 0 Å². The molecule has 1 aliphatic rings. The fourth-order valence-corrected chi connectivity index (χ4v) is 2.29. The van der Waals surface area contributed by atoms with Gasteiger partial charge in [-0.2, -0.15) is 0 Å². The van der Waals surface area contributed by atoms with Crippen molar-refractivity contribution in [1.82, 2.24) is 5.32 Å². The summed E-state index contributed by atoms with van der Waals surface area (Å²) in [4.78, 5) is 0. The minimum Gasteiger partial charge on any atom is -0.491 e. The molecule has 0 radical (unpaired) electrons. The summed E-state index contributed by atoms with van der Waals surface area (Å²) in [5, 5.41) is 3.64. The third kappa shape index (κ3) is 4.02. The maximum absolute atomic E-state index is 5.76. The van der Waals surface area contributed by atoms with E-state index in [0.717, 1.165) is 18.2 Å². The zero-order valence-electron chi connectivity index (χ0n) is 12.0. The van der Waals surface area contributed by atoms with E-state index in [-0.39, 0.29) is 6.10 Å². The van der Waals surface area contributed by atoms with Gasteiger partial charge in [0, 0.05) is 12.1 Å². The molecule has 1 atom stereocenters. The van der Waals surface area contributed by atoms with Crippen molar-refractivity contribution in [3.8, 4) is 5.75 Å². The van der Waals surface area contributed by atoms with Crippen LogP contribution in [0.2, 0.25) is 0 Å². The molecule has 2 nitrogen and oxygen atoms in total. The zero-order valence-corrected chi connectivity index (χ0v) is 12.0. The van der Waals surface area contributed by atoms with Crippen LogP contribution in [0.25, 0.3) is 0 Å². The molecule has 0 amide bonds. The molecule has 100 valence electrons. The van der Waals surface area contributed by atoms with Gasteiger partial charge in [-0.15, -0.1) is 0 Å². The molecule has 0 saturated heterocycles. The summed E-state index contributed by atoms with van der Waals surface area (Å²) in [7, 11) is 0. The van der Waals surface area contributed by atoms with Gasteiger partial charge in [0.25, 0.3) is 0 Å². The maximum atomic E-state index is 5.76. The molecule has 18 heavy (non-hydrogen) atoms. The number of benzene rings is 1. The Morgan fingerprint density at radius 1 is 1.28 bits per heavy atom. The van der Waals surface area contributed by atoms with Crippen molar-refractivity contribution in [2.45, 2.75) is 65.1 Å². The van der Waals surface area contributed by atoms with Crippen LogP contribution in [0.15, 0.2) is 18.2 Å². The Bertz CT molecular complexity index is 396. The normalized spacial score (nSPS) is 16.9. The highest BCUT2D eigenvalue weighted by molar-refractivity contribution is 5.36. The Morgan fingerprint density at radius 2 is 2.00 bits per heavy atom. The number of hydrogen-bond donors (Lipinski definition) is 1. The number of nitrogens with one attached hydrogen (secondary N) is 1. The van der Waals surface area contributed by atoms with Crippen molar-refractivity contribution in [2.75, 3.05) is 0 Å². The van der Waals surface area contributed by atoms with Crippen molar-refractivity contribution < 1.29 is 4.74 Å². The minimum atomic E-state index is 0.241. The van der Waals surface area contributed by atoms with Crippen molar-refractivity contribution >= 4 is 0 Å². The van der Waals surface area contributed by atoms with Gasteiger partial charge in [-0.1, -0.05) is 12.1 Å². The molecule has 2 rings (SSSR count). The van der Waals surface area contributed by atoms with E-state index in [1.807, 2.05) is 0 Å². The topological polar surface area (TPSA) is 21.3 Å². The van der Waals surface area contributed by atoms with Gasteiger partial charge in [-0.05, 0) is 64.2 Å². The van der Waals surface area contributed by atoms with E-state index in [4.69, 9.17) is 4.74 Å². The second kappa shape index (κ2) is 5.75. The summed E-state index contributed by atoms with van der Waals surface area (Å²) in [6, 6.07) is 7.89. The van der Waals surface area contributed by atoms with Crippen molar-refractivity contribution in [3.05, 3.63) is 29.3 Å². The summed E-state index contributed by atoms with van der Waals surface area (Å²) in [6.07, 6.45) is 4.04. The van der Waals surface area contributed by atoms with Gasteiger partial charge in [0.2, 0.25) is 0 Å². The van der Waals surface area contributed by atoms with Gasteiger partial charge in [0.15, 0.2) is 0 Å². The molecule has 1 unspecified atom stereocenters. The summed E-state index contributed by atoms with van der Waals surface area (Å²) in [6.45, 7) is 8.52. The molecule has 1 aromatic rings. The van der Waals surface area contributed by atoms with Crippen LogP contribution in [0, 0.1) is 6.92 Å². The average Bonchev–Trinajstić information content (AvgIpc) is 3.05. The van der Waals surface area contributed by atoms with Gasteiger partial charge < -0.3 is 10.1 Å². The summed E-state index contributed by atoms with van der Waals surface area (Å²) in [5.41, 5.74) is 2.63. The van der Waals surface area contributed by atoms with Crippen molar-refractivity contribution in [3.63, 3.8) is 0 Å². The Labute approximate surface area is 111 Å². The lowest BCUT2D eigenvalue weighted by molar-refractivity contribution is 0.240. The molecule has 0 spiro atoms. The average molecular weight is 247 g/mol. The van der Waals surface area contributed by atoms with Crippen LogP contribution in [-0.4, -0.2) is 18.2 Å². The fraction of sp³-hybridized carbons (Fsp3) is 0.625. The van der Waals surface area contributed by atoms with Gasteiger partial charge >= 0.3 is 0 Å². The first kappa shape index (κ1) is 13.4. The lowest BCUT2D eigenvalue weighted by Crippen LogP contribution is -2.29. The van der Waals surface area contributed by atoms with Crippen LogP contribution in [0.3, 0.4) is 0 Å². The molecule has 0 heterocycles. The molecule has 0 bridgehead atoms. The Balaban J connectivity index is 1.94. The molecular formula is C16H25NO. The van der Waals surface area contributed by atoms with Gasteiger partial charge in [0.1, 0.15) is 5.75 Å². The lowest BCUT2D eigenvalue weighted by Gasteiger charge is -2.16. The van der Waals surface area contributed by atoms with E-state index >= 15 is 0 Å². The Hall–Kier alpha value is -1.02. The first-order valence-electron chi connectivity index (χ1n) is 7.07. The predicted octanol–water partition coefficient (Wildman–Crippen LogP) is 3.47. The van der Waals surface area contributed by atoms with Crippen LogP contribution in [0.5, 0.6) is 5.75 Å². The van der Waals surface area contributed by atoms with Crippen molar-refractivity contribution in [1.29, 1.82) is 0 Å². The van der Waals surface area contributed by atoms with E-state index in [1.165, 1.54) is 24.0 Å². The van der Waals surface area contributed by atoms with E-state index in [2.05, 4.69) is 51.2 Å². The van der Waals surface area contributed by atoms with Crippen LogP contribution in [0.1, 0.15) is 44.7 Å². The van der Waals surface area contributed by atoms with Crippen molar-refractivity contribution in [2.24, 2.45) is 0 Å². The summed E-state index contributed by atoms with van der Waals surface area (Å²) < 4.78 is 5.76. The Morgan fingerprint density at radius 3 is 2.56 bits per heavy atom. The third-order valence-corrected chi connectivity index (χ3v) is 3.24. The van der Waals surface area contributed by atoms with E-state index in [0.29, 0.717) is 6.04 Å². The SMILES string of the molecule is Cc1cc(CC(C)NC2CC2)ccc1OC(C)C. The second-order valence-corrected chi connectivity index (χ2v) is 5.81. The van der Waals surface area contributed by atoms with Crippen LogP contribution in [-0.2, 0) is 6.42 Å². The smallest absolute Gasteiger partial charge is 0.122 e.